The number of thioether (sulfide) groups is 1. The molecule has 0 aliphatic carbocycles. The van der Waals surface area contributed by atoms with E-state index in [0.717, 1.165) is 13.8 Å². The fourth-order valence-electron chi connectivity index (χ4n) is 3.41. The van der Waals surface area contributed by atoms with E-state index >= 15 is 0 Å². The van der Waals surface area contributed by atoms with Gasteiger partial charge in [-0.2, -0.15) is 0 Å². The van der Waals surface area contributed by atoms with Gasteiger partial charge in [-0.1, -0.05) is 43.6 Å². The van der Waals surface area contributed by atoms with Crippen molar-refractivity contribution in [3.05, 3.63) is 97.9 Å². The Kier molecular flexibility index (Phi) is 7.78. The highest BCUT2D eigenvalue weighted by Gasteiger charge is 2.40. The summed E-state index contributed by atoms with van der Waals surface area (Å²) in [6, 6.07) is 21.3. The van der Waals surface area contributed by atoms with E-state index in [4.69, 9.17) is 0 Å². The number of hydrogen-bond acceptors (Lipinski definition) is 5. The molecule has 3 aromatic rings. The van der Waals surface area contributed by atoms with Gasteiger partial charge in [-0.15, -0.1) is 0 Å². The minimum atomic E-state index is -0.353. The van der Waals surface area contributed by atoms with Gasteiger partial charge in [-0.05, 0) is 86.6 Å². The van der Waals surface area contributed by atoms with Crippen molar-refractivity contribution in [1.82, 2.24) is 4.90 Å². The molecule has 178 valence electrons. The van der Waals surface area contributed by atoms with Crippen LogP contribution in [0.25, 0.3) is 0 Å². The van der Waals surface area contributed by atoms with E-state index in [0.29, 0.717) is 21.8 Å². The lowest BCUT2D eigenvalue weighted by Gasteiger charge is -2.19. The average Bonchev–Trinajstić information content (AvgIpc) is 3.06. The van der Waals surface area contributed by atoms with Crippen molar-refractivity contribution >= 4 is 72.7 Å². The van der Waals surface area contributed by atoms with Crippen molar-refractivity contribution in [2.75, 3.05) is 10.6 Å². The standard InChI is InChI=1S/C26H21Br2N3O3S/c1-15(2)31-25(33)22(29-19-9-7-18(28)8-10-19)23(26(31)34)35-21-13-11-20(12-14-21)30-24(32)16-3-5-17(27)6-4-16/h3-15,29H,1-2H3,(H,30,32). The molecule has 6 nitrogen and oxygen atoms in total. The molecule has 9 heteroatoms. The second-order valence-electron chi connectivity index (χ2n) is 8.00. The van der Waals surface area contributed by atoms with Crippen LogP contribution in [0.4, 0.5) is 11.4 Å². The summed E-state index contributed by atoms with van der Waals surface area (Å²) in [6.07, 6.45) is 0. The number of amides is 3. The number of rotatable bonds is 7. The summed E-state index contributed by atoms with van der Waals surface area (Å²) in [5.41, 5.74) is 2.13. The first-order chi connectivity index (χ1) is 16.7. The highest BCUT2D eigenvalue weighted by atomic mass is 79.9. The predicted octanol–water partition coefficient (Wildman–Crippen LogP) is 6.66. The van der Waals surface area contributed by atoms with E-state index in [1.54, 1.807) is 24.3 Å². The Labute approximate surface area is 224 Å². The summed E-state index contributed by atoms with van der Waals surface area (Å²) < 4.78 is 1.81. The summed E-state index contributed by atoms with van der Waals surface area (Å²) >= 11 is 7.98. The number of carbonyl (C=O) groups is 3. The van der Waals surface area contributed by atoms with Crippen molar-refractivity contribution in [3.8, 4) is 0 Å². The van der Waals surface area contributed by atoms with Gasteiger partial charge in [-0.3, -0.25) is 19.3 Å². The fourth-order valence-corrected chi connectivity index (χ4v) is 4.87. The molecule has 3 amide bonds. The van der Waals surface area contributed by atoms with Crippen LogP contribution < -0.4 is 10.6 Å². The van der Waals surface area contributed by atoms with Gasteiger partial charge in [0.15, 0.2) is 0 Å². The zero-order valence-corrected chi connectivity index (χ0v) is 22.8. The van der Waals surface area contributed by atoms with Crippen LogP contribution in [0.15, 0.2) is 97.2 Å². The van der Waals surface area contributed by atoms with Gasteiger partial charge in [0.05, 0.1) is 0 Å². The van der Waals surface area contributed by atoms with Crippen LogP contribution in [0.2, 0.25) is 0 Å². The first-order valence-corrected chi connectivity index (χ1v) is 13.1. The molecular weight excluding hydrogens is 594 g/mol. The Morgan fingerprint density at radius 1 is 0.800 bits per heavy atom. The van der Waals surface area contributed by atoms with E-state index in [1.165, 1.54) is 16.7 Å². The molecule has 0 atom stereocenters. The number of carbonyl (C=O) groups excluding carboxylic acids is 3. The third kappa shape index (κ3) is 5.86. The summed E-state index contributed by atoms with van der Waals surface area (Å²) in [7, 11) is 0. The van der Waals surface area contributed by atoms with Crippen LogP contribution in [-0.4, -0.2) is 28.7 Å². The second kappa shape index (κ2) is 10.8. The van der Waals surface area contributed by atoms with Gasteiger partial charge in [0.1, 0.15) is 10.6 Å². The Balaban J connectivity index is 1.54. The maximum absolute atomic E-state index is 13.1. The van der Waals surface area contributed by atoms with Crippen LogP contribution in [0, 0.1) is 0 Å². The lowest BCUT2D eigenvalue weighted by Crippen LogP contribution is -2.38. The van der Waals surface area contributed by atoms with Gasteiger partial charge in [0.2, 0.25) is 0 Å². The zero-order chi connectivity index (χ0) is 25.1. The molecule has 3 aromatic carbocycles. The van der Waals surface area contributed by atoms with Crippen molar-refractivity contribution in [3.63, 3.8) is 0 Å². The Bertz CT molecular complexity index is 1310. The third-order valence-electron chi connectivity index (χ3n) is 5.14. The molecule has 0 fully saturated rings. The SMILES string of the molecule is CC(C)N1C(=O)C(Nc2ccc(Br)cc2)=C(Sc2ccc(NC(=O)c3ccc(Br)cc3)cc2)C1=O. The maximum Gasteiger partial charge on any atom is 0.278 e. The summed E-state index contributed by atoms with van der Waals surface area (Å²) in [4.78, 5) is 41.0. The largest absolute Gasteiger partial charge is 0.350 e. The lowest BCUT2D eigenvalue weighted by atomic mass is 10.2. The quantitative estimate of drug-likeness (QED) is 0.291. The Hall–Kier alpha value is -2.88. The van der Waals surface area contributed by atoms with Crippen molar-refractivity contribution in [2.24, 2.45) is 0 Å². The van der Waals surface area contributed by atoms with E-state index < -0.39 is 0 Å². The molecule has 2 N–H and O–H groups in total. The van der Waals surface area contributed by atoms with Crippen LogP contribution >= 0.6 is 43.6 Å². The highest BCUT2D eigenvalue weighted by molar-refractivity contribution is 9.10. The minimum absolute atomic E-state index is 0.217. The number of anilines is 2. The van der Waals surface area contributed by atoms with Crippen LogP contribution in [0.3, 0.4) is 0 Å². The summed E-state index contributed by atoms with van der Waals surface area (Å²) in [5, 5.41) is 5.99. The second-order valence-corrected chi connectivity index (χ2v) is 10.9. The molecule has 0 saturated carbocycles. The monoisotopic (exact) mass is 613 g/mol. The molecular formula is C26H21Br2N3O3S. The van der Waals surface area contributed by atoms with Gasteiger partial charge < -0.3 is 10.6 Å². The van der Waals surface area contributed by atoms with Crippen LogP contribution in [0.5, 0.6) is 0 Å². The number of nitrogens with one attached hydrogen (secondary N) is 2. The minimum Gasteiger partial charge on any atom is -0.350 e. The first-order valence-electron chi connectivity index (χ1n) is 10.7. The highest BCUT2D eigenvalue weighted by Crippen LogP contribution is 2.37. The number of hydrogen-bond donors (Lipinski definition) is 2. The maximum atomic E-state index is 13.1. The molecule has 0 bridgehead atoms. The molecule has 1 aliphatic heterocycles. The fraction of sp³-hybridized carbons (Fsp3) is 0.115. The van der Waals surface area contributed by atoms with Gasteiger partial charge in [0, 0.05) is 36.8 Å². The first kappa shape index (κ1) is 25.2. The summed E-state index contributed by atoms with van der Waals surface area (Å²) in [6.45, 7) is 3.62. The number of nitrogens with zero attached hydrogens (tertiary/aromatic N) is 1. The molecule has 0 saturated heterocycles. The number of halogens is 2. The molecule has 4 rings (SSSR count). The molecule has 0 radical (unpaired) electrons. The predicted molar refractivity (Wildman–Crippen MR) is 146 cm³/mol. The molecule has 1 heterocycles. The molecule has 0 aromatic heterocycles. The van der Waals surface area contributed by atoms with Crippen molar-refractivity contribution in [2.45, 2.75) is 24.8 Å². The molecule has 35 heavy (non-hydrogen) atoms. The van der Waals surface area contributed by atoms with E-state index in [1.807, 2.05) is 62.4 Å². The molecule has 0 unspecified atom stereocenters. The lowest BCUT2D eigenvalue weighted by molar-refractivity contribution is -0.139. The topological polar surface area (TPSA) is 78.5 Å². The Morgan fingerprint density at radius 3 is 1.91 bits per heavy atom. The van der Waals surface area contributed by atoms with Crippen LogP contribution in [0.1, 0.15) is 24.2 Å². The zero-order valence-electron chi connectivity index (χ0n) is 18.8. The average molecular weight is 615 g/mol. The van der Waals surface area contributed by atoms with Crippen molar-refractivity contribution in [1.29, 1.82) is 0 Å². The van der Waals surface area contributed by atoms with Gasteiger partial charge in [0.25, 0.3) is 17.7 Å². The number of imide groups is 1. The summed E-state index contributed by atoms with van der Waals surface area (Å²) in [5.74, 6) is -0.901. The van der Waals surface area contributed by atoms with Gasteiger partial charge in [-0.25, -0.2) is 0 Å². The number of benzene rings is 3. The van der Waals surface area contributed by atoms with E-state index in [2.05, 4.69) is 42.5 Å². The third-order valence-corrected chi connectivity index (χ3v) is 7.29. The molecule has 1 aliphatic rings. The smallest absolute Gasteiger partial charge is 0.278 e. The van der Waals surface area contributed by atoms with Gasteiger partial charge >= 0.3 is 0 Å². The van der Waals surface area contributed by atoms with E-state index in [-0.39, 0.29) is 29.5 Å². The van der Waals surface area contributed by atoms with Crippen molar-refractivity contribution < 1.29 is 14.4 Å². The normalized spacial score (nSPS) is 13.6. The Morgan fingerprint density at radius 2 is 1.34 bits per heavy atom. The molecule has 0 spiro atoms. The van der Waals surface area contributed by atoms with E-state index in [9.17, 15) is 14.4 Å². The van der Waals surface area contributed by atoms with Crippen LogP contribution in [-0.2, 0) is 9.59 Å².